The Morgan fingerprint density at radius 3 is 2.22 bits per heavy atom. The Hall–Kier alpha value is -3.53. The Kier molecular flexibility index (Phi) is 4.62. The Morgan fingerprint density at radius 1 is 0.815 bits per heavy atom. The lowest BCUT2D eigenvalue weighted by Crippen LogP contribution is -1.93. The van der Waals surface area contributed by atoms with E-state index in [1.165, 1.54) is 0 Å². The zero-order valence-electron chi connectivity index (χ0n) is 15.3. The molecule has 0 atom stereocenters. The summed E-state index contributed by atoms with van der Waals surface area (Å²) in [5.41, 5.74) is 4.78. The highest BCUT2D eigenvalue weighted by molar-refractivity contribution is 5.77. The van der Waals surface area contributed by atoms with Crippen molar-refractivity contribution in [1.29, 1.82) is 0 Å². The number of benzene rings is 3. The molecule has 0 aliphatic heterocycles. The number of oxazole rings is 1. The lowest BCUT2D eigenvalue weighted by Gasteiger charge is -2.08. The molecule has 3 aromatic carbocycles. The smallest absolute Gasteiger partial charge is 0.229 e. The lowest BCUT2D eigenvalue weighted by atomic mass is 10.1. The second-order valence-electron chi connectivity index (χ2n) is 6.23. The molecule has 4 aromatic rings. The monoisotopic (exact) mass is 356 g/mol. The molecule has 0 aliphatic rings. The molecule has 0 aliphatic carbocycles. The van der Waals surface area contributed by atoms with Gasteiger partial charge in [0, 0.05) is 16.8 Å². The summed E-state index contributed by atoms with van der Waals surface area (Å²) in [5.74, 6) is 2.00. The molecule has 0 amide bonds. The van der Waals surface area contributed by atoms with E-state index in [9.17, 15) is 0 Å². The first-order chi connectivity index (χ1) is 13.2. The average Bonchev–Trinajstić information content (AvgIpc) is 3.14. The minimum Gasteiger partial charge on any atom is -0.497 e. The van der Waals surface area contributed by atoms with Gasteiger partial charge in [-0.15, -0.1) is 0 Å². The van der Waals surface area contributed by atoms with Crippen LogP contribution < -0.4 is 10.1 Å². The van der Waals surface area contributed by atoms with Crippen molar-refractivity contribution in [1.82, 2.24) is 4.98 Å². The average molecular weight is 356 g/mol. The third-order valence-electron chi connectivity index (χ3n) is 4.40. The van der Waals surface area contributed by atoms with Gasteiger partial charge in [0.2, 0.25) is 11.8 Å². The van der Waals surface area contributed by atoms with Crippen LogP contribution in [0.5, 0.6) is 5.75 Å². The molecule has 1 N–H and O–H groups in total. The van der Waals surface area contributed by atoms with Crippen LogP contribution in [0.25, 0.3) is 22.7 Å². The highest BCUT2D eigenvalue weighted by atomic mass is 16.5. The molecular formula is C23H20N2O2. The number of nitrogens with one attached hydrogen (secondary N) is 1. The molecule has 4 nitrogen and oxygen atoms in total. The van der Waals surface area contributed by atoms with Crippen LogP contribution in [0.4, 0.5) is 11.6 Å². The second kappa shape index (κ2) is 7.38. The number of aromatic nitrogens is 1. The SMILES string of the molecule is COc1ccc(-c2nc(-c3ccccc3)oc2Nc2ccccc2C)cc1. The van der Waals surface area contributed by atoms with E-state index in [4.69, 9.17) is 14.1 Å². The van der Waals surface area contributed by atoms with E-state index in [2.05, 4.69) is 18.3 Å². The minimum atomic E-state index is 0.581. The molecule has 134 valence electrons. The van der Waals surface area contributed by atoms with E-state index < -0.39 is 0 Å². The van der Waals surface area contributed by atoms with Crippen LogP contribution in [0.1, 0.15) is 5.56 Å². The maximum absolute atomic E-state index is 6.12. The zero-order valence-corrected chi connectivity index (χ0v) is 15.3. The van der Waals surface area contributed by atoms with Crippen molar-refractivity contribution in [3.63, 3.8) is 0 Å². The predicted molar refractivity (Wildman–Crippen MR) is 108 cm³/mol. The van der Waals surface area contributed by atoms with Crippen LogP contribution in [0.2, 0.25) is 0 Å². The van der Waals surface area contributed by atoms with Crippen molar-refractivity contribution in [2.75, 3.05) is 12.4 Å². The van der Waals surface area contributed by atoms with Crippen molar-refractivity contribution in [3.05, 3.63) is 84.4 Å². The second-order valence-corrected chi connectivity index (χ2v) is 6.23. The molecule has 0 fully saturated rings. The van der Waals surface area contributed by atoms with E-state index in [-0.39, 0.29) is 0 Å². The molecule has 4 rings (SSSR count). The van der Waals surface area contributed by atoms with Crippen molar-refractivity contribution in [2.24, 2.45) is 0 Å². The van der Waals surface area contributed by atoms with Gasteiger partial charge in [-0.1, -0.05) is 36.4 Å². The Morgan fingerprint density at radius 2 is 1.52 bits per heavy atom. The molecule has 1 aromatic heterocycles. The predicted octanol–water partition coefficient (Wildman–Crippen LogP) is 6.07. The van der Waals surface area contributed by atoms with E-state index >= 15 is 0 Å². The number of hydrogen-bond donors (Lipinski definition) is 1. The van der Waals surface area contributed by atoms with Gasteiger partial charge in [0.25, 0.3) is 0 Å². The fourth-order valence-corrected chi connectivity index (χ4v) is 2.89. The van der Waals surface area contributed by atoms with Gasteiger partial charge < -0.3 is 14.5 Å². The maximum Gasteiger partial charge on any atom is 0.229 e. The Balaban J connectivity index is 1.79. The van der Waals surface area contributed by atoms with Crippen molar-refractivity contribution >= 4 is 11.6 Å². The van der Waals surface area contributed by atoms with Crippen molar-refractivity contribution < 1.29 is 9.15 Å². The molecule has 0 saturated heterocycles. The van der Waals surface area contributed by atoms with E-state index in [0.29, 0.717) is 11.8 Å². The molecular weight excluding hydrogens is 336 g/mol. The third kappa shape index (κ3) is 3.55. The van der Waals surface area contributed by atoms with Crippen LogP contribution >= 0.6 is 0 Å². The van der Waals surface area contributed by atoms with Gasteiger partial charge in [-0.3, -0.25) is 0 Å². The number of hydrogen-bond acceptors (Lipinski definition) is 4. The zero-order chi connectivity index (χ0) is 18.6. The normalized spacial score (nSPS) is 10.6. The Bertz CT molecular complexity index is 1040. The molecule has 4 heteroatoms. The fourth-order valence-electron chi connectivity index (χ4n) is 2.89. The van der Waals surface area contributed by atoms with Crippen molar-refractivity contribution in [3.8, 4) is 28.5 Å². The number of para-hydroxylation sites is 1. The molecule has 1 heterocycles. The third-order valence-corrected chi connectivity index (χ3v) is 4.40. The molecule has 0 spiro atoms. The highest BCUT2D eigenvalue weighted by Crippen LogP contribution is 2.35. The van der Waals surface area contributed by atoms with Gasteiger partial charge in [0.1, 0.15) is 11.4 Å². The van der Waals surface area contributed by atoms with Crippen LogP contribution in [0.15, 0.2) is 83.3 Å². The van der Waals surface area contributed by atoms with Crippen LogP contribution in [-0.2, 0) is 0 Å². The first-order valence-corrected chi connectivity index (χ1v) is 8.78. The summed E-state index contributed by atoms with van der Waals surface area (Å²) >= 11 is 0. The lowest BCUT2D eigenvalue weighted by molar-refractivity contribution is 0.415. The number of aryl methyl sites for hydroxylation is 1. The summed E-state index contributed by atoms with van der Waals surface area (Å²) < 4.78 is 11.4. The standard InChI is InChI=1S/C23H20N2O2/c1-16-8-6-7-11-20(16)24-23-21(17-12-14-19(26-2)15-13-17)25-22(27-23)18-9-4-3-5-10-18/h3-15,24H,1-2H3. The van der Waals surface area contributed by atoms with Gasteiger partial charge in [-0.2, -0.15) is 0 Å². The number of rotatable bonds is 5. The topological polar surface area (TPSA) is 47.3 Å². The summed E-state index contributed by atoms with van der Waals surface area (Å²) in [6, 6.07) is 25.8. The molecule has 0 radical (unpaired) electrons. The number of methoxy groups -OCH3 is 1. The van der Waals surface area contributed by atoms with Crippen LogP contribution in [0, 0.1) is 6.92 Å². The Labute approximate surface area is 158 Å². The van der Waals surface area contributed by atoms with Gasteiger partial charge in [-0.05, 0) is 55.0 Å². The number of nitrogens with zero attached hydrogens (tertiary/aromatic N) is 1. The van der Waals surface area contributed by atoms with E-state index in [1.54, 1.807) is 7.11 Å². The fraction of sp³-hybridized carbons (Fsp3) is 0.0870. The van der Waals surface area contributed by atoms with Crippen LogP contribution in [0.3, 0.4) is 0 Å². The largest absolute Gasteiger partial charge is 0.497 e. The number of anilines is 2. The quantitative estimate of drug-likeness (QED) is 0.471. The molecule has 27 heavy (non-hydrogen) atoms. The van der Waals surface area contributed by atoms with E-state index in [0.717, 1.165) is 33.8 Å². The van der Waals surface area contributed by atoms with Gasteiger partial charge in [0.15, 0.2) is 0 Å². The van der Waals surface area contributed by atoms with Gasteiger partial charge in [-0.25, -0.2) is 4.98 Å². The van der Waals surface area contributed by atoms with Gasteiger partial charge >= 0.3 is 0 Å². The molecule has 0 unspecified atom stereocenters. The minimum absolute atomic E-state index is 0.581. The summed E-state index contributed by atoms with van der Waals surface area (Å²) in [7, 11) is 1.66. The molecule has 0 saturated carbocycles. The number of ether oxygens (including phenoxy) is 1. The first kappa shape index (κ1) is 16.9. The molecule has 0 bridgehead atoms. The van der Waals surface area contributed by atoms with Crippen LogP contribution in [-0.4, -0.2) is 12.1 Å². The van der Waals surface area contributed by atoms with Crippen molar-refractivity contribution in [2.45, 2.75) is 6.92 Å². The summed E-state index contributed by atoms with van der Waals surface area (Å²) in [6.07, 6.45) is 0. The summed E-state index contributed by atoms with van der Waals surface area (Å²) in [4.78, 5) is 4.76. The summed E-state index contributed by atoms with van der Waals surface area (Å²) in [6.45, 7) is 2.06. The maximum atomic E-state index is 6.12. The highest BCUT2D eigenvalue weighted by Gasteiger charge is 2.17. The van der Waals surface area contributed by atoms with Gasteiger partial charge in [0.05, 0.1) is 7.11 Å². The summed E-state index contributed by atoms with van der Waals surface area (Å²) in [5, 5.41) is 3.40. The van der Waals surface area contributed by atoms with E-state index in [1.807, 2.05) is 72.8 Å². The first-order valence-electron chi connectivity index (χ1n) is 8.78.